The molecule has 0 radical (unpaired) electrons. The van der Waals surface area contributed by atoms with Crippen molar-refractivity contribution in [1.29, 1.82) is 0 Å². The molecule has 2 rings (SSSR count). The highest BCUT2D eigenvalue weighted by molar-refractivity contribution is 5.22. The Hall–Kier alpha value is -0.860. The maximum absolute atomic E-state index is 3.53. The van der Waals surface area contributed by atoms with Crippen molar-refractivity contribution in [2.24, 2.45) is 5.92 Å². The Bertz CT molecular complexity index is 381. The number of aryl methyl sites for hydroxylation is 1. The van der Waals surface area contributed by atoms with E-state index in [1.807, 2.05) is 0 Å². The SMILES string of the molecule is Cc1cccc(CN(CC2CCCNC2)C(C)C)c1. The van der Waals surface area contributed by atoms with E-state index in [2.05, 4.69) is 55.3 Å². The highest BCUT2D eigenvalue weighted by Gasteiger charge is 2.18. The van der Waals surface area contributed by atoms with Gasteiger partial charge in [-0.15, -0.1) is 0 Å². The highest BCUT2D eigenvalue weighted by atomic mass is 15.1. The van der Waals surface area contributed by atoms with Crippen LogP contribution in [-0.4, -0.2) is 30.6 Å². The minimum absolute atomic E-state index is 0.613. The Morgan fingerprint density at radius 1 is 1.37 bits per heavy atom. The lowest BCUT2D eigenvalue weighted by Crippen LogP contribution is -2.40. The number of piperidine rings is 1. The van der Waals surface area contributed by atoms with Gasteiger partial charge in [0.15, 0.2) is 0 Å². The minimum Gasteiger partial charge on any atom is -0.316 e. The van der Waals surface area contributed by atoms with Gasteiger partial charge in [0.1, 0.15) is 0 Å². The molecule has 1 fully saturated rings. The van der Waals surface area contributed by atoms with Crippen molar-refractivity contribution >= 4 is 0 Å². The van der Waals surface area contributed by atoms with Crippen LogP contribution >= 0.6 is 0 Å². The minimum atomic E-state index is 0.613. The molecular weight excluding hydrogens is 232 g/mol. The van der Waals surface area contributed by atoms with E-state index in [4.69, 9.17) is 0 Å². The monoisotopic (exact) mass is 260 g/mol. The lowest BCUT2D eigenvalue weighted by Gasteiger charge is -2.33. The van der Waals surface area contributed by atoms with Gasteiger partial charge in [-0.05, 0) is 58.2 Å². The van der Waals surface area contributed by atoms with Crippen LogP contribution < -0.4 is 5.32 Å². The van der Waals surface area contributed by atoms with Crippen molar-refractivity contribution < 1.29 is 0 Å². The molecule has 1 aliphatic rings. The van der Waals surface area contributed by atoms with E-state index < -0.39 is 0 Å². The molecule has 1 saturated heterocycles. The molecule has 1 atom stereocenters. The number of rotatable bonds is 5. The van der Waals surface area contributed by atoms with Gasteiger partial charge >= 0.3 is 0 Å². The molecule has 106 valence electrons. The van der Waals surface area contributed by atoms with Crippen molar-refractivity contribution in [1.82, 2.24) is 10.2 Å². The van der Waals surface area contributed by atoms with Crippen LogP contribution in [0.3, 0.4) is 0 Å². The van der Waals surface area contributed by atoms with Gasteiger partial charge in [-0.3, -0.25) is 4.90 Å². The van der Waals surface area contributed by atoms with Gasteiger partial charge in [0.2, 0.25) is 0 Å². The van der Waals surface area contributed by atoms with E-state index in [-0.39, 0.29) is 0 Å². The maximum Gasteiger partial charge on any atom is 0.0236 e. The number of nitrogens with zero attached hydrogens (tertiary/aromatic N) is 1. The van der Waals surface area contributed by atoms with E-state index in [1.165, 1.54) is 43.6 Å². The summed E-state index contributed by atoms with van der Waals surface area (Å²) in [6.45, 7) is 11.5. The quantitative estimate of drug-likeness (QED) is 0.874. The van der Waals surface area contributed by atoms with Crippen LogP contribution in [0.5, 0.6) is 0 Å². The van der Waals surface area contributed by atoms with Crippen LogP contribution in [0.4, 0.5) is 0 Å². The Balaban J connectivity index is 1.95. The first-order chi connectivity index (χ1) is 9.15. The molecule has 0 aromatic heterocycles. The molecule has 2 heteroatoms. The molecule has 1 heterocycles. The lowest BCUT2D eigenvalue weighted by molar-refractivity contribution is 0.164. The van der Waals surface area contributed by atoms with Gasteiger partial charge in [-0.1, -0.05) is 29.8 Å². The first-order valence-corrected chi connectivity index (χ1v) is 7.65. The summed E-state index contributed by atoms with van der Waals surface area (Å²) in [6, 6.07) is 9.53. The van der Waals surface area contributed by atoms with Gasteiger partial charge in [0, 0.05) is 19.1 Å². The number of hydrogen-bond acceptors (Lipinski definition) is 2. The third kappa shape index (κ3) is 4.63. The Labute approximate surface area is 118 Å². The van der Waals surface area contributed by atoms with E-state index in [0.717, 1.165) is 12.5 Å². The van der Waals surface area contributed by atoms with Gasteiger partial charge in [0.05, 0.1) is 0 Å². The van der Waals surface area contributed by atoms with Crippen molar-refractivity contribution in [3.63, 3.8) is 0 Å². The molecule has 0 amide bonds. The van der Waals surface area contributed by atoms with Gasteiger partial charge in [0.25, 0.3) is 0 Å². The second-order valence-electron chi connectivity index (χ2n) is 6.22. The fraction of sp³-hybridized carbons (Fsp3) is 0.647. The molecule has 1 aromatic carbocycles. The zero-order valence-corrected chi connectivity index (χ0v) is 12.7. The van der Waals surface area contributed by atoms with Gasteiger partial charge < -0.3 is 5.32 Å². The Morgan fingerprint density at radius 2 is 2.21 bits per heavy atom. The van der Waals surface area contributed by atoms with Gasteiger partial charge in [-0.25, -0.2) is 0 Å². The zero-order valence-electron chi connectivity index (χ0n) is 12.7. The molecule has 2 nitrogen and oxygen atoms in total. The van der Waals surface area contributed by atoms with E-state index in [0.29, 0.717) is 6.04 Å². The van der Waals surface area contributed by atoms with E-state index in [9.17, 15) is 0 Å². The van der Waals surface area contributed by atoms with Crippen LogP contribution in [0.15, 0.2) is 24.3 Å². The summed E-state index contributed by atoms with van der Waals surface area (Å²) in [5, 5.41) is 3.53. The molecule has 0 aliphatic carbocycles. The molecule has 1 aromatic rings. The average molecular weight is 260 g/mol. The predicted octanol–water partition coefficient (Wildman–Crippen LogP) is 3.21. The average Bonchev–Trinajstić information content (AvgIpc) is 2.39. The van der Waals surface area contributed by atoms with Gasteiger partial charge in [-0.2, -0.15) is 0 Å². The second-order valence-corrected chi connectivity index (χ2v) is 6.22. The van der Waals surface area contributed by atoms with E-state index >= 15 is 0 Å². The first kappa shape index (κ1) is 14.5. The third-order valence-electron chi connectivity index (χ3n) is 4.09. The number of hydrogen-bond donors (Lipinski definition) is 1. The molecule has 1 N–H and O–H groups in total. The fourth-order valence-corrected chi connectivity index (χ4v) is 2.91. The van der Waals surface area contributed by atoms with Crippen LogP contribution in [0.2, 0.25) is 0 Å². The van der Waals surface area contributed by atoms with Crippen molar-refractivity contribution in [3.8, 4) is 0 Å². The molecule has 1 aliphatic heterocycles. The molecule has 0 saturated carbocycles. The fourth-order valence-electron chi connectivity index (χ4n) is 2.91. The van der Waals surface area contributed by atoms with Crippen molar-refractivity contribution in [2.75, 3.05) is 19.6 Å². The summed E-state index contributed by atoms with van der Waals surface area (Å²) >= 11 is 0. The van der Waals surface area contributed by atoms with Crippen molar-refractivity contribution in [2.45, 2.75) is 46.2 Å². The lowest BCUT2D eigenvalue weighted by atomic mass is 9.98. The third-order valence-corrected chi connectivity index (χ3v) is 4.09. The highest BCUT2D eigenvalue weighted by Crippen LogP contribution is 2.16. The summed E-state index contributed by atoms with van der Waals surface area (Å²) in [4.78, 5) is 2.62. The largest absolute Gasteiger partial charge is 0.316 e. The standard InChI is InChI=1S/C17H28N2/c1-14(2)19(13-17-8-5-9-18-11-17)12-16-7-4-6-15(3)10-16/h4,6-7,10,14,17-18H,5,8-9,11-13H2,1-3H3. The van der Waals surface area contributed by atoms with Crippen LogP contribution in [0.25, 0.3) is 0 Å². The summed E-state index contributed by atoms with van der Waals surface area (Å²) in [5.41, 5.74) is 2.80. The normalized spacial score (nSPS) is 20.2. The Kier molecular flexibility index (Phi) is 5.41. The summed E-state index contributed by atoms with van der Waals surface area (Å²) < 4.78 is 0. The second kappa shape index (κ2) is 7.06. The van der Waals surface area contributed by atoms with Crippen LogP contribution in [0, 0.1) is 12.8 Å². The summed E-state index contributed by atoms with van der Waals surface area (Å²) in [5.74, 6) is 0.820. The molecular formula is C17H28N2. The topological polar surface area (TPSA) is 15.3 Å². The Morgan fingerprint density at radius 3 is 2.84 bits per heavy atom. The molecule has 1 unspecified atom stereocenters. The molecule has 19 heavy (non-hydrogen) atoms. The summed E-state index contributed by atoms with van der Waals surface area (Å²) in [7, 11) is 0. The number of benzene rings is 1. The maximum atomic E-state index is 3.53. The zero-order chi connectivity index (χ0) is 13.7. The molecule has 0 spiro atoms. The molecule has 0 bridgehead atoms. The predicted molar refractivity (Wildman–Crippen MR) is 82.3 cm³/mol. The summed E-state index contributed by atoms with van der Waals surface area (Å²) in [6.07, 6.45) is 2.71. The van der Waals surface area contributed by atoms with E-state index in [1.54, 1.807) is 0 Å². The smallest absolute Gasteiger partial charge is 0.0236 e. The van der Waals surface area contributed by atoms with Crippen LogP contribution in [-0.2, 0) is 6.54 Å². The van der Waals surface area contributed by atoms with Crippen LogP contribution in [0.1, 0.15) is 37.8 Å². The van der Waals surface area contributed by atoms with Crippen molar-refractivity contribution in [3.05, 3.63) is 35.4 Å². The first-order valence-electron chi connectivity index (χ1n) is 7.65. The number of nitrogens with one attached hydrogen (secondary N) is 1.